The van der Waals surface area contributed by atoms with Gasteiger partial charge in [-0.3, -0.25) is 4.90 Å². The number of nitrogens with one attached hydrogen (secondary N) is 1. The Hall–Kier alpha value is -1.89. The van der Waals surface area contributed by atoms with Gasteiger partial charge < -0.3 is 15.1 Å². The molecule has 134 valence electrons. The largest absolute Gasteiger partial charge is 0.351 e. The van der Waals surface area contributed by atoms with Crippen molar-refractivity contribution in [2.45, 2.75) is 26.8 Å². The summed E-state index contributed by atoms with van der Waals surface area (Å²) in [6.07, 6.45) is 1.59. The number of anilines is 1. The molecule has 6 nitrogen and oxygen atoms in total. The van der Waals surface area contributed by atoms with Gasteiger partial charge in [-0.05, 0) is 32.5 Å². The average Bonchev–Trinajstić information content (AvgIpc) is 2.59. The molecule has 2 amide bonds. The van der Waals surface area contributed by atoms with E-state index >= 15 is 0 Å². The molecular weight excluding hydrogens is 309 g/mol. The van der Waals surface area contributed by atoms with Crippen molar-refractivity contribution in [2.75, 3.05) is 50.7 Å². The third-order valence-corrected chi connectivity index (χ3v) is 4.42. The molecule has 0 spiro atoms. The van der Waals surface area contributed by atoms with E-state index in [1.807, 2.05) is 4.90 Å². The number of urea groups is 1. The molecule has 0 saturated carbocycles. The molecular formula is C17H28FN5O. The van der Waals surface area contributed by atoms with Crippen molar-refractivity contribution < 1.29 is 9.18 Å². The highest BCUT2D eigenvalue weighted by Crippen LogP contribution is 2.17. The third-order valence-electron chi connectivity index (χ3n) is 4.42. The summed E-state index contributed by atoms with van der Waals surface area (Å²) in [6, 6.07) is 3.43. The Morgan fingerprint density at radius 2 is 2.08 bits per heavy atom. The number of halogens is 1. The number of carbonyl (C=O) groups is 1. The lowest BCUT2D eigenvalue weighted by molar-refractivity contribution is 0.188. The van der Waals surface area contributed by atoms with Gasteiger partial charge in [-0.2, -0.15) is 0 Å². The Morgan fingerprint density at radius 1 is 1.38 bits per heavy atom. The molecule has 2 rings (SSSR count). The lowest BCUT2D eigenvalue weighted by Crippen LogP contribution is -2.53. The number of amides is 2. The number of nitrogens with zero attached hydrogens (tertiary/aromatic N) is 4. The first-order valence-electron chi connectivity index (χ1n) is 8.65. The number of carbonyl (C=O) groups excluding carboxylic acids is 1. The summed E-state index contributed by atoms with van der Waals surface area (Å²) in [5.74, 6) is 0.0526. The first-order valence-corrected chi connectivity index (χ1v) is 8.65. The van der Waals surface area contributed by atoms with Gasteiger partial charge in [0, 0.05) is 51.5 Å². The highest BCUT2D eigenvalue weighted by Gasteiger charge is 2.23. The number of pyridine rings is 1. The van der Waals surface area contributed by atoms with Crippen LogP contribution in [0.25, 0.3) is 0 Å². The third kappa shape index (κ3) is 4.80. The van der Waals surface area contributed by atoms with Gasteiger partial charge in [0.05, 0.1) is 0 Å². The number of hydrogen-bond donors (Lipinski definition) is 1. The lowest BCUT2D eigenvalue weighted by Gasteiger charge is -2.35. The van der Waals surface area contributed by atoms with Crippen LogP contribution in [0.3, 0.4) is 0 Å². The van der Waals surface area contributed by atoms with Crippen molar-refractivity contribution in [2.24, 2.45) is 0 Å². The van der Waals surface area contributed by atoms with Crippen molar-refractivity contribution in [1.82, 2.24) is 20.1 Å². The lowest BCUT2D eigenvalue weighted by atomic mass is 10.3. The number of hydrogen-bond acceptors (Lipinski definition) is 4. The minimum Gasteiger partial charge on any atom is -0.351 e. The van der Waals surface area contributed by atoms with Crippen LogP contribution in [0.5, 0.6) is 0 Å². The van der Waals surface area contributed by atoms with Crippen LogP contribution in [0.4, 0.5) is 15.0 Å². The fourth-order valence-electron chi connectivity index (χ4n) is 2.93. The minimum absolute atomic E-state index is 0.0454. The second kappa shape index (κ2) is 8.82. The molecule has 0 atom stereocenters. The van der Waals surface area contributed by atoms with Gasteiger partial charge in [0.15, 0.2) is 11.6 Å². The average molecular weight is 337 g/mol. The smallest absolute Gasteiger partial charge is 0.317 e. The second-order valence-corrected chi connectivity index (χ2v) is 6.24. The van der Waals surface area contributed by atoms with E-state index in [0.29, 0.717) is 44.6 Å². The predicted molar refractivity (Wildman–Crippen MR) is 93.8 cm³/mol. The maximum atomic E-state index is 13.8. The molecule has 1 aliphatic heterocycles. The van der Waals surface area contributed by atoms with Crippen LogP contribution in [0.2, 0.25) is 0 Å². The molecule has 0 aromatic carbocycles. The van der Waals surface area contributed by atoms with Crippen LogP contribution in [0, 0.1) is 5.82 Å². The highest BCUT2D eigenvalue weighted by molar-refractivity contribution is 5.74. The molecule has 1 N–H and O–H groups in total. The van der Waals surface area contributed by atoms with Gasteiger partial charge in [0.2, 0.25) is 0 Å². The van der Waals surface area contributed by atoms with Gasteiger partial charge in [-0.1, -0.05) is 6.92 Å². The molecule has 2 heterocycles. The van der Waals surface area contributed by atoms with Crippen LogP contribution >= 0.6 is 0 Å². The van der Waals surface area contributed by atoms with Crippen molar-refractivity contribution >= 4 is 11.8 Å². The van der Waals surface area contributed by atoms with E-state index < -0.39 is 0 Å². The summed E-state index contributed by atoms with van der Waals surface area (Å²) in [4.78, 5) is 22.3. The van der Waals surface area contributed by atoms with Crippen molar-refractivity contribution in [3.63, 3.8) is 0 Å². The fraction of sp³-hybridized carbons (Fsp3) is 0.647. The maximum absolute atomic E-state index is 13.8. The van der Waals surface area contributed by atoms with Gasteiger partial charge in [-0.25, -0.2) is 14.2 Å². The molecule has 1 aromatic heterocycles. The quantitative estimate of drug-likeness (QED) is 0.860. The minimum atomic E-state index is -0.316. The maximum Gasteiger partial charge on any atom is 0.317 e. The zero-order valence-electron chi connectivity index (χ0n) is 14.8. The highest BCUT2D eigenvalue weighted by atomic mass is 19.1. The van der Waals surface area contributed by atoms with Crippen LogP contribution in [-0.4, -0.2) is 72.7 Å². The molecule has 7 heteroatoms. The Bertz CT molecular complexity index is 531. The van der Waals surface area contributed by atoms with Crippen LogP contribution in [0.1, 0.15) is 20.8 Å². The van der Waals surface area contributed by atoms with E-state index in [-0.39, 0.29) is 11.8 Å². The Kier molecular flexibility index (Phi) is 6.78. The molecule has 24 heavy (non-hydrogen) atoms. The molecule has 0 aliphatic carbocycles. The summed E-state index contributed by atoms with van der Waals surface area (Å²) < 4.78 is 13.8. The molecule has 0 radical (unpaired) electrons. The van der Waals surface area contributed by atoms with Crippen LogP contribution in [0.15, 0.2) is 18.3 Å². The van der Waals surface area contributed by atoms with Crippen molar-refractivity contribution in [1.29, 1.82) is 0 Å². The van der Waals surface area contributed by atoms with Crippen LogP contribution in [-0.2, 0) is 0 Å². The van der Waals surface area contributed by atoms with Crippen LogP contribution < -0.4 is 10.2 Å². The van der Waals surface area contributed by atoms with Crippen molar-refractivity contribution in [3.05, 3.63) is 24.1 Å². The molecule has 0 bridgehead atoms. The molecule has 1 aliphatic rings. The summed E-state index contributed by atoms with van der Waals surface area (Å²) in [7, 11) is 0. The molecule has 0 unspecified atom stereocenters. The predicted octanol–water partition coefficient (Wildman–Crippen LogP) is 1.78. The number of piperazine rings is 1. The molecule has 1 saturated heterocycles. The monoisotopic (exact) mass is 337 g/mol. The number of rotatable bonds is 6. The van der Waals surface area contributed by atoms with Gasteiger partial charge >= 0.3 is 6.03 Å². The Balaban J connectivity index is 1.76. The van der Waals surface area contributed by atoms with E-state index in [1.165, 1.54) is 6.07 Å². The first kappa shape index (κ1) is 18.4. The number of likely N-dealkylation sites (N-methyl/N-ethyl adjacent to an activating group) is 1. The van der Waals surface area contributed by atoms with Gasteiger partial charge in [0.1, 0.15) is 0 Å². The zero-order chi connectivity index (χ0) is 17.5. The van der Waals surface area contributed by atoms with Crippen molar-refractivity contribution in [3.8, 4) is 0 Å². The van der Waals surface area contributed by atoms with E-state index in [9.17, 15) is 9.18 Å². The van der Waals surface area contributed by atoms with E-state index in [0.717, 1.165) is 13.1 Å². The normalized spacial score (nSPS) is 15.2. The van der Waals surface area contributed by atoms with E-state index in [2.05, 4.69) is 36.0 Å². The first-order chi connectivity index (χ1) is 11.5. The van der Waals surface area contributed by atoms with Gasteiger partial charge in [0.25, 0.3) is 0 Å². The molecule has 1 fully saturated rings. The summed E-state index contributed by atoms with van der Waals surface area (Å²) in [5.41, 5.74) is 0. The summed E-state index contributed by atoms with van der Waals surface area (Å²) in [6.45, 7) is 11.2. The summed E-state index contributed by atoms with van der Waals surface area (Å²) in [5, 5.41) is 2.98. The standard InChI is InChI=1S/C17H28FN5O/c1-4-21(14(2)3)9-8-20-17(24)23-12-10-22(11-13-23)16-15(18)6-5-7-19-16/h5-7,14H,4,8-13H2,1-3H3,(H,20,24). The zero-order valence-corrected chi connectivity index (χ0v) is 14.8. The topological polar surface area (TPSA) is 51.7 Å². The fourth-order valence-corrected chi connectivity index (χ4v) is 2.93. The van der Waals surface area contributed by atoms with E-state index in [4.69, 9.17) is 0 Å². The Morgan fingerprint density at radius 3 is 2.67 bits per heavy atom. The second-order valence-electron chi connectivity index (χ2n) is 6.24. The number of aromatic nitrogens is 1. The Labute approximate surface area is 143 Å². The summed E-state index contributed by atoms with van der Waals surface area (Å²) >= 11 is 0. The SMILES string of the molecule is CCN(CCNC(=O)N1CCN(c2ncccc2F)CC1)C(C)C. The van der Waals surface area contributed by atoms with Gasteiger partial charge in [-0.15, -0.1) is 0 Å². The van der Waals surface area contributed by atoms with E-state index in [1.54, 1.807) is 17.2 Å². The molecule has 1 aromatic rings.